The van der Waals surface area contributed by atoms with Crippen LogP contribution in [0.3, 0.4) is 0 Å². The number of hydrogen-bond donors (Lipinski definition) is 0. The smallest absolute Gasteiger partial charge is 0.133 e. The number of benzene rings is 1. The Morgan fingerprint density at radius 3 is 2.58 bits per heavy atom. The molecule has 0 heterocycles. The molecule has 0 radical (unpaired) electrons. The van der Waals surface area contributed by atoms with E-state index >= 15 is 0 Å². The van der Waals surface area contributed by atoms with Gasteiger partial charge in [0.2, 0.25) is 0 Å². The zero-order chi connectivity index (χ0) is 9.14. The van der Waals surface area contributed by atoms with Crippen LogP contribution in [0.5, 0.6) is 5.75 Å². The summed E-state index contributed by atoms with van der Waals surface area (Å²) in [6, 6.07) is 5.79. The molecule has 12 heavy (non-hydrogen) atoms. The monoisotopic (exact) mass is 290 g/mol. The molecule has 0 N–H and O–H groups in total. The Labute approximate surface area is 88.7 Å². The molecule has 0 saturated heterocycles. The second-order valence-corrected chi connectivity index (χ2v) is 4.07. The van der Waals surface area contributed by atoms with Crippen LogP contribution in [0.25, 0.3) is 4.48 Å². The van der Waals surface area contributed by atoms with Crippen LogP contribution in [0, 0.1) is 0 Å². The Kier molecular flexibility index (Phi) is 3.35. The van der Waals surface area contributed by atoms with E-state index in [1.165, 1.54) is 0 Å². The predicted octanol–water partition coefficient (Wildman–Crippen LogP) is 3.82. The van der Waals surface area contributed by atoms with E-state index in [0.29, 0.717) is 0 Å². The maximum Gasteiger partial charge on any atom is 0.133 e. The summed E-state index contributed by atoms with van der Waals surface area (Å²) in [6.07, 6.45) is 0. The maximum atomic E-state index is 5.09. The third-order valence-corrected chi connectivity index (χ3v) is 2.54. The molecule has 1 rings (SSSR count). The second kappa shape index (κ2) is 4.10. The molecular weight excluding hydrogens is 284 g/mol. The first-order valence-corrected chi connectivity index (χ1v) is 4.92. The van der Waals surface area contributed by atoms with Crippen molar-refractivity contribution in [3.8, 4) is 5.75 Å². The molecule has 0 bridgehead atoms. The van der Waals surface area contributed by atoms with Crippen molar-refractivity contribution in [1.29, 1.82) is 0 Å². The highest BCUT2D eigenvalue weighted by molar-refractivity contribution is 9.15. The highest BCUT2D eigenvalue weighted by Gasteiger charge is 2.01. The first-order valence-electron chi connectivity index (χ1n) is 3.33. The molecule has 0 fully saturated rings. The van der Waals surface area contributed by atoms with Crippen molar-refractivity contribution in [2.75, 3.05) is 7.11 Å². The normalized spacial score (nSPS) is 9.58. The van der Waals surface area contributed by atoms with Crippen molar-refractivity contribution in [2.45, 2.75) is 0 Å². The molecule has 0 aliphatic carbocycles. The first kappa shape index (κ1) is 9.81. The fourth-order valence-corrected chi connectivity index (χ4v) is 1.62. The topological polar surface area (TPSA) is 9.23 Å². The van der Waals surface area contributed by atoms with Gasteiger partial charge in [-0.3, -0.25) is 0 Å². The highest BCUT2D eigenvalue weighted by atomic mass is 79.9. The van der Waals surface area contributed by atoms with Crippen LogP contribution in [0.1, 0.15) is 5.56 Å². The van der Waals surface area contributed by atoms with Gasteiger partial charge < -0.3 is 4.74 Å². The van der Waals surface area contributed by atoms with Gasteiger partial charge in [-0.25, -0.2) is 0 Å². The summed E-state index contributed by atoms with van der Waals surface area (Å²) < 4.78 is 6.89. The lowest BCUT2D eigenvalue weighted by molar-refractivity contribution is 0.412. The van der Waals surface area contributed by atoms with Gasteiger partial charge in [-0.2, -0.15) is 0 Å². The summed E-state index contributed by atoms with van der Waals surface area (Å²) in [5.74, 6) is 0.826. The van der Waals surface area contributed by atoms with Gasteiger partial charge in [0.05, 0.1) is 11.6 Å². The highest BCUT2D eigenvalue weighted by Crippen LogP contribution is 2.29. The molecule has 1 nitrogen and oxygen atoms in total. The van der Waals surface area contributed by atoms with Gasteiger partial charge in [-0.1, -0.05) is 28.6 Å². The Balaban J connectivity index is 3.10. The molecule has 0 amide bonds. The molecular formula is C9H8Br2O. The summed E-state index contributed by atoms with van der Waals surface area (Å²) in [4.78, 5) is 0. The molecule has 0 unspecified atom stereocenters. The van der Waals surface area contributed by atoms with Crippen molar-refractivity contribution in [2.24, 2.45) is 0 Å². The first-order chi connectivity index (χ1) is 5.65. The SMILES string of the molecule is C=C(Br)c1ccc(OC)c(Br)c1. The molecule has 0 aromatic heterocycles. The molecule has 0 aliphatic rings. The quantitative estimate of drug-likeness (QED) is 0.805. The van der Waals surface area contributed by atoms with Gasteiger partial charge >= 0.3 is 0 Å². The number of ether oxygens (including phenoxy) is 1. The lowest BCUT2D eigenvalue weighted by Crippen LogP contribution is -1.84. The summed E-state index contributed by atoms with van der Waals surface area (Å²) >= 11 is 6.70. The minimum atomic E-state index is 0.826. The number of halogens is 2. The van der Waals surface area contributed by atoms with Crippen molar-refractivity contribution >= 4 is 36.3 Å². The Morgan fingerprint density at radius 1 is 1.50 bits per heavy atom. The third-order valence-electron chi connectivity index (χ3n) is 1.47. The van der Waals surface area contributed by atoms with Crippen LogP contribution < -0.4 is 4.74 Å². The van der Waals surface area contributed by atoms with E-state index in [4.69, 9.17) is 4.74 Å². The van der Waals surface area contributed by atoms with Crippen molar-refractivity contribution in [1.82, 2.24) is 0 Å². The fourth-order valence-electron chi connectivity index (χ4n) is 0.835. The van der Waals surface area contributed by atoms with Gasteiger partial charge in [0.15, 0.2) is 0 Å². The molecule has 0 spiro atoms. The van der Waals surface area contributed by atoms with Crippen LogP contribution in [0.2, 0.25) is 0 Å². The predicted molar refractivity (Wildman–Crippen MR) is 58.7 cm³/mol. The Hall–Kier alpha value is -0.280. The van der Waals surface area contributed by atoms with E-state index < -0.39 is 0 Å². The van der Waals surface area contributed by atoms with Crippen molar-refractivity contribution in [3.63, 3.8) is 0 Å². The molecule has 3 heteroatoms. The van der Waals surface area contributed by atoms with Crippen LogP contribution in [-0.4, -0.2) is 7.11 Å². The van der Waals surface area contributed by atoms with E-state index in [1.54, 1.807) is 7.11 Å². The van der Waals surface area contributed by atoms with Gasteiger partial charge in [0, 0.05) is 4.48 Å². The van der Waals surface area contributed by atoms with Gasteiger partial charge in [0.25, 0.3) is 0 Å². The summed E-state index contributed by atoms with van der Waals surface area (Å²) in [5, 5.41) is 0. The molecule has 1 aromatic carbocycles. The largest absolute Gasteiger partial charge is 0.496 e. The summed E-state index contributed by atoms with van der Waals surface area (Å²) in [5.41, 5.74) is 1.04. The van der Waals surface area contributed by atoms with Crippen LogP contribution >= 0.6 is 31.9 Å². The maximum absolute atomic E-state index is 5.09. The van der Waals surface area contributed by atoms with Crippen molar-refractivity contribution in [3.05, 3.63) is 34.8 Å². The summed E-state index contributed by atoms with van der Waals surface area (Å²) in [6.45, 7) is 3.78. The lowest BCUT2D eigenvalue weighted by Gasteiger charge is -2.04. The van der Waals surface area contributed by atoms with E-state index in [-0.39, 0.29) is 0 Å². The lowest BCUT2D eigenvalue weighted by atomic mass is 10.2. The Bertz CT molecular complexity index is 307. The average molecular weight is 292 g/mol. The van der Waals surface area contributed by atoms with Gasteiger partial charge in [-0.05, 0) is 33.6 Å². The second-order valence-electron chi connectivity index (χ2n) is 2.25. The number of hydrogen-bond acceptors (Lipinski definition) is 1. The van der Waals surface area contributed by atoms with Gasteiger partial charge in [-0.15, -0.1) is 0 Å². The van der Waals surface area contributed by atoms with E-state index in [0.717, 1.165) is 20.3 Å². The molecule has 1 aromatic rings. The van der Waals surface area contributed by atoms with E-state index in [9.17, 15) is 0 Å². The molecule has 0 saturated carbocycles. The minimum absolute atomic E-state index is 0.826. The minimum Gasteiger partial charge on any atom is -0.496 e. The van der Waals surface area contributed by atoms with Crippen molar-refractivity contribution < 1.29 is 4.74 Å². The average Bonchev–Trinajstić information content (AvgIpc) is 2.04. The molecule has 0 aliphatic heterocycles. The summed E-state index contributed by atoms with van der Waals surface area (Å²) in [7, 11) is 1.64. The standard InChI is InChI=1S/C9H8Br2O/c1-6(10)7-3-4-9(12-2)8(11)5-7/h3-5H,1H2,2H3. The zero-order valence-electron chi connectivity index (χ0n) is 6.60. The van der Waals surface area contributed by atoms with Crippen LogP contribution in [0.4, 0.5) is 0 Å². The van der Waals surface area contributed by atoms with Crippen LogP contribution in [-0.2, 0) is 0 Å². The number of methoxy groups -OCH3 is 1. The molecule has 0 atom stereocenters. The van der Waals surface area contributed by atoms with E-state index in [1.807, 2.05) is 18.2 Å². The fraction of sp³-hybridized carbons (Fsp3) is 0.111. The zero-order valence-corrected chi connectivity index (χ0v) is 9.78. The number of rotatable bonds is 2. The van der Waals surface area contributed by atoms with Gasteiger partial charge in [0.1, 0.15) is 5.75 Å². The van der Waals surface area contributed by atoms with E-state index in [2.05, 4.69) is 38.4 Å². The Morgan fingerprint density at radius 2 is 2.17 bits per heavy atom. The molecule has 64 valence electrons. The third kappa shape index (κ3) is 2.11. The van der Waals surface area contributed by atoms with Crippen LogP contribution in [0.15, 0.2) is 29.3 Å².